The van der Waals surface area contributed by atoms with Gasteiger partial charge in [0.1, 0.15) is 5.75 Å². The first-order valence-corrected chi connectivity index (χ1v) is 10.5. The molecular formula is C21H34F2N4O2. The molecule has 0 spiro atoms. The molecule has 0 amide bonds. The molecule has 1 heterocycles. The Morgan fingerprint density at radius 3 is 2.69 bits per heavy atom. The van der Waals surface area contributed by atoms with Crippen molar-refractivity contribution >= 4 is 5.96 Å². The third-order valence-electron chi connectivity index (χ3n) is 5.11. The van der Waals surface area contributed by atoms with Gasteiger partial charge >= 0.3 is 6.61 Å². The van der Waals surface area contributed by atoms with Gasteiger partial charge in [0.15, 0.2) is 5.96 Å². The minimum absolute atomic E-state index is 0.0671. The van der Waals surface area contributed by atoms with Crippen LogP contribution in [0, 0.1) is 0 Å². The quantitative estimate of drug-likeness (QED) is 0.313. The van der Waals surface area contributed by atoms with Crippen LogP contribution in [0.4, 0.5) is 8.78 Å². The molecule has 2 rings (SSSR count). The molecule has 1 saturated heterocycles. The van der Waals surface area contributed by atoms with Crippen molar-refractivity contribution in [2.24, 2.45) is 4.99 Å². The van der Waals surface area contributed by atoms with E-state index in [9.17, 15) is 13.9 Å². The number of aliphatic hydroxyl groups excluding tert-OH is 1. The van der Waals surface area contributed by atoms with E-state index in [0.717, 1.165) is 26.1 Å². The third-order valence-corrected chi connectivity index (χ3v) is 5.11. The number of rotatable bonds is 10. The highest BCUT2D eigenvalue weighted by Gasteiger charge is 2.17. The molecule has 0 radical (unpaired) electrons. The number of halogens is 2. The summed E-state index contributed by atoms with van der Waals surface area (Å²) < 4.78 is 28.7. The van der Waals surface area contributed by atoms with Gasteiger partial charge in [-0.3, -0.25) is 4.99 Å². The minimum atomic E-state index is -2.86. The van der Waals surface area contributed by atoms with Crippen molar-refractivity contribution in [2.75, 3.05) is 32.7 Å². The summed E-state index contributed by atoms with van der Waals surface area (Å²) in [6.07, 6.45) is 4.11. The van der Waals surface area contributed by atoms with Crippen LogP contribution in [0.2, 0.25) is 0 Å². The number of guanidine groups is 1. The van der Waals surface area contributed by atoms with Crippen molar-refractivity contribution in [2.45, 2.75) is 58.3 Å². The number of ether oxygens (including phenoxy) is 1. The lowest BCUT2D eigenvalue weighted by atomic mass is 10.0. The van der Waals surface area contributed by atoms with Crippen molar-refractivity contribution in [3.63, 3.8) is 0 Å². The molecule has 6 nitrogen and oxygen atoms in total. The number of nitrogens with zero attached hydrogens (tertiary/aromatic N) is 2. The van der Waals surface area contributed by atoms with Gasteiger partial charge in [0, 0.05) is 25.7 Å². The van der Waals surface area contributed by atoms with E-state index in [1.807, 2.05) is 6.92 Å². The Bertz CT molecular complexity index is 613. The number of piperidine rings is 1. The van der Waals surface area contributed by atoms with Crippen LogP contribution in [-0.4, -0.2) is 61.3 Å². The van der Waals surface area contributed by atoms with Gasteiger partial charge in [-0.15, -0.1) is 0 Å². The molecule has 0 bridgehead atoms. The Kier molecular flexibility index (Phi) is 10.1. The highest BCUT2D eigenvalue weighted by atomic mass is 19.3. The summed E-state index contributed by atoms with van der Waals surface area (Å²) in [4.78, 5) is 6.98. The Labute approximate surface area is 172 Å². The van der Waals surface area contributed by atoms with Gasteiger partial charge in [0.2, 0.25) is 0 Å². The number of hydrogen-bond acceptors (Lipinski definition) is 4. The highest BCUT2D eigenvalue weighted by Crippen LogP contribution is 2.19. The summed E-state index contributed by atoms with van der Waals surface area (Å²) >= 11 is 0. The van der Waals surface area contributed by atoms with Crippen molar-refractivity contribution in [1.82, 2.24) is 15.5 Å². The molecule has 1 aliphatic heterocycles. The molecular weight excluding hydrogens is 378 g/mol. The van der Waals surface area contributed by atoms with E-state index in [-0.39, 0.29) is 12.3 Å². The zero-order valence-electron chi connectivity index (χ0n) is 17.4. The van der Waals surface area contributed by atoms with Crippen LogP contribution in [0.1, 0.15) is 51.2 Å². The minimum Gasteiger partial charge on any atom is -0.435 e. The van der Waals surface area contributed by atoms with Crippen LogP contribution >= 0.6 is 0 Å². The highest BCUT2D eigenvalue weighted by molar-refractivity contribution is 5.79. The standard InChI is InChI=1S/C21H34F2N4O2/c1-3-24-21(25-12-6-14-27-13-5-4-7-16(27)2)26-15-19(28)17-8-10-18(11-9-17)29-20(22)23/h8-11,16,19-20,28H,3-7,12-15H2,1-2H3,(H2,24,25,26). The first-order chi connectivity index (χ1) is 14.0. The lowest BCUT2D eigenvalue weighted by molar-refractivity contribution is -0.0498. The first kappa shape index (κ1) is 23.3. The van der Waals surface area contributed by atoms with Gasteiger partial charge in [-0.25, -0.2) is 0 Å². The molecule has 1 aromatic carbocycles. The fourth-order valence-electron chi connectivity index (χ4n) is 3.48. The summed E-state index contributed by atoms with van der Waals surface area (Å²) in [6.45, 7) is 5.40. The molecule has 2 atom stereocenters. The van der Waals surface area contributed by atoms with Crippen LogP contribution in [0.5, 0.6) is 5.75 Å². The van der Waals surface area contributed by atoms with Gasteiger partial charge in [0.25, 0.3) is 0 Å². The summed E-state index contributed by atoms with van der Waals surface area (Å²) in [5.41, 5.74) is 0.602. The van der Waals surface area contributed by atoms with Gasteiger partial charge in [0.05, 0.1) is 12.6 Å². The normalized spacial score (nSPS) is 19.2. The van der Waals surface area contributed by atoms with Gasteiger partial charge in [-0.1, -0.05) is 18.6 Å². The average Bonchev–Trinajstić information content (AvgIpc) is 2.70. The second-order valence-corrected chi connectivity index (χ2v) is 7.34. The number of alkyl halides is 2. The topological polar surface area (TPSA) is 69.1 Å². The Morgan fingerprint density at radius 1 is 1.28 bits per heavy atom. The van der Waals surface area contributed by atoms with E-state index >= 15 is 0 Å². The van der Waals surface area contributed by atoms with Gasteiger partial charge in [-0.05, 0) is 57.4 Å². The number of nitrogens with one attached hydrogen (secondary N) is 2. The summed E-state index contributed by atoms with van der Waals surface area (Å²) in [6, 6.07) is 6.63. The number of likely N-dealkylation sites (tertiary alicyclic amines) is 1. The molecule has 1 aliphatic rings. The number of benzene rings is 1. The van der Waals surface area contributed by atoms with Crippen LogP contribution in [0.25, 0.3) is 0 Å². The lowest BCUT2D eigenvalue weighted by Gasteiger charge is -2.33. The van der Waals surface area contributed by atoms with Crippen LogP contribution < -0.4 is 15.4 Å². The van der Waals surface area contributed by atoms with E-state index in [0.29, 0.717) is 17.6 Å². The zero-order valence-corrected chi connectivity index (χ0v) is 17.4. The predicted molar refractivity (Wildman–Crippen MR) is 112 cm³/mol. The molecule has 8 heteroatoms. The fraction of sp³-hybridized carbons (Fsp3) is 0.667. The fourth-order valence-corrected chi connectivity index (χ4v) is 3.48. The number of aliphatic imine (C=N–C) groups is 1. The van der Waals surface area contributed by atoms with Crippen molar-refractivity contribution in [3.8, 4) is 5.75 Å². The maximum absolute atomic E-state index is 12.2. The second kappa shape index (κ2) is 12.6. The van der Waals surface area contributed by atoms with Crippen LogP contribution in [0.15, 0.2) is 29.3 Å². The Balaban J connectivity index is 1.78. The monoisotopic (exact) mass is 412 g/mol. The van der Waals surface area contributed by atoms with Crippen LogP contribution in [0.3, 0.4) is 0 Å². The molecule has 1 fully saturated rings. The first-order valence-electron chi connectivity index (χ1n) is 10.5. The lowest BCUT2D eigenvalue weighted by Crippen LogP contribution is -2.41. The molecule has 3 N–H and O–H groups in total. The molecule has 0 aromatic heterocycles. The van der Waals surface area contributed by atoms with Crippen molar-refractivity contribution in [3.05, 3.63) is 29.8 Å². The van der Waals surface area contributed by atoms with E-state index in [2.05, 4.69) is 32.2 Å². The summed E-state index contributed by atoms with van der Waals surface area (Å²) in [7, 11) is 0. The zero-order chi connectivity index (χ0) is 21.1. The third kappa shape index (κ3) is 8.53. The maximum Gasteiger partial charge on any atom is 0.387 e. The summed E-state index contributed by atoms with van der Waals surface area (Å²) in [5.74, 6) is 0.730. The average molecular weight is 413 g/mol. The molecule has 0 aliphatic carbocycles. The predicted octanol–water partition coefficient (Wildman–Crippen LogP) is 3.14. The van der Waals surface area contributed by atoms with E-state index < -0.39 is 12.7 Å². The van der Waals surface area contributed by atoms with E-state index in [1.165, 1.54) is 37.9 Å². The van der Waals surface area contributed by atoms with Crippen molar-refractivity contribution in [1.29, 1.82) is 0 Å². The molecule has 0 saturated carbocycles. The molecule has 164 valence electrons. The Hall–Kier alpha value is -1.93. The second-order valence-electron chi connectivity index (χ2n) is 7.34. The number of hydrogen-bond donors (Lipinski definition) is 3. The van der Waals surface area contributed by atoms with E-state index in [4.69, 9.17) is 0 Å². The smallest absolute Gasteiger partial charge is 0.387 e. The van der Waals surface area contributed by atoms with Gasteiger partial charge in [-0.2, -0.15) is 8.78 Å². The van der Waals surface area contributed by atoms with Gasteiger partial charge < -0.3 is 25.4 Å². The molecule has 2 unspecified atom stereocenters. The van der Waals surface area contributed by atoms with E-state index in [1.54, 1.807) is 12.1 Å². The largest absolute Gasteiger partial charge is 0.435 e. The summed E-state index contributed by atoms with van der Waals surface area (Å²) in [5, 5.41) is 16.8. The van der Waals surface area contributed by atoms with Crippen LogP contribution in [-0.2, 0) is 0 Å². The SMILES string of the molecule is CCNC(=NCC(O)c1ccc(OC(F)F)cc1)NCCCN1CCCCC1C. The molecule has 1 aromatic rings. The Morgan fingerprint density at radius 2 is 2.03 bits per heavy atom. The van der Waals surface area contributed by atoms with Crippen molar-refractivity contribution < 1.29 is 18.6 Å². The molecule has 29 heavy (non-hydrogen) atoms. The number of aliphatic hydroxyl groups is 1. The maximum atomic E-state index is 12.2.